The Morgan fingerprint density at radius 3 is 2.42 bits per heavy atom. The Morgan fingerprint density at radius 2 is 1.95 bits per heavy atom. The first-order chi connectivity index (χ1) is 8.60. The fourth-order valence-corrected chi connectivity index (χ4v) is 1.70. The molecule has 7 heteroatoms. The average Bonchev–Trinajstić information content (AvgIpc) is 2.19. The molecule has 0 aliphatic carbocycles. The van der Waals surface area contributed by atoms with Crippen molar-refractivity contribution in [2.45, 2.75) is 26.4 Å². The van der Waals surface area contributed by atoms with E-state index in [-0.39, 0.29) is 10.2 Å². The molecule has 1 amide bonds. The zero-order valence-corrected chi connectivity index (χ0v) is 12.2. The minimum atomic E-state index is -1.42. The molecule has 19 heavy (non-hydrogen) atoms. The molecule has 104 valence electrons. The van der Waals surface area contributed by atoms with Gasteiger partial charge in [0, 0.05) is 5.69 Å². The molecule has 0 unspecified atom stereocenters. The maximum absolute atomic E-state index is 13.5. The topological polar surface area (TPSA) is 75.6 Å². The highest BCUT2D eigenvalue weighted by Crippen LogP contribution is 2.25. The average molecular weight is 334 g/mol. The van der Waals surface area contributed by atoms with Gasteiger partial charge in [-0.15, -0.1) is 0 Å². The van der Waals surface area contributed by atoms with Crippen molar-refractivity contribution >= 4 is 33.7 Å². The lowest BCUT2D eigenvalue weighted by molar-refractivity contribution is 0.0632. The number of halogens is 2. The predicted molar refractivity (Wildman–Crippen MR) is 70.9 cm³/mol. The minimum absolute atomic E-state index is 0.0570. The van der Waals surface area contributed by atoms with Gasteiger partial charge in [0.15, 0.2) is 5.82 Å². The van der Waals surface area contributed by atoms with Crippen LogP contribution >= 0.6 is 15.9 Å². The Kier molecular flexibility index (Phi) is 4.52. The lowest BCUT2D eigenvalue weighted by Crippen LogP contribution is -2.27. The van der Waals surface area contributed by atoms with E-state index < -0.39 is 29.0 Å². The van der Waals surface area contributed by atoms with Crippen molar-refractivity contribution in [3.05, 3.63) is 28.0 Å². The van der Waals surface area contributed by atoms with E-state index in [0.29, 0.717) is 0 Å². The summed E-state index contributed by atoms with van der Waals surface area (Å²) in [5, 5.41) is 11.2. The number of nitrogens with one attached hydrogen (secondary N) is 1. The van der Waals surface area contributed by atoms with Gasteiger partial charge in [0.05, 0.1) is 10.0 Å². The molecule has 2 N–H and O–H groups in total. The smallest absolute Gasteiger partial charge is 0.412 e. The number of hydrogen-bond acceptors (Lipinski definition) is 3. The number of rotatable bonds is 2. The van der Waals surface area contributed by atoms with Crippen LogP contribution in [0.4, 0.5) is 14.9 Å². The Hall–Kier alpha value is -1.63. The Bertz CT molecular complexity index is 525. The van der Waals surface area contributed by atoms with Crippen LogP contribution in [0.15, 0.2) is 16.6 Å². The Labute approximate surface area is 117 Å². The summed E-state index contributed by atoms with van der Waals surface area (Å²) >= 11 is 2.89. The standard InChI is InChI=1S/C12H13BrFNO4/c1-12(2,3)19-11(18)15-6-4-7(10(16)17)9(14)8(13)5-6/h4-5H,1-3H3,(H,15,18)(H,16,17). The SMILES string of the molecule is CC(C)(C)OC(=O)Nc1cc(Br)c(F)c(C(=O)O)c1. The van der Waals surface area contributed by atoms with Crippen LogP contribution in [-0.4, -0.2) is 22.8 Å². The van der Waals surface area contributed by atoms with E-state index >= 15 is 0 Å². The Balaban J connectivity index is 2.97. The van der Waals surface area contributed by atoms with Crippen molar-refractivity contribution < 1.29 is 23.8 Å². The first kappa shape index (κ1) is 15.4. The minimum Gasteiger partial charge on any atom is -0.478 e. The highest BCUT2D eigenvalue weighted by atomic mass is 79.9. The van der Waals surface area contributed by atoms with Crippen molar-refractivity contribution in [3.63, 3.8) is 0 Å². The summed E-state index contributed by atoms with van der Waals surface area (Å²) < 4.78 is 18.4. The van der Waals surface area contributed by atoms with Gasteiger partial charge < -0.3 is 9.84 Å². The number of hydrogen-bond donors (Lipinski definition) is 2. The molecule has 0 saturated carbocycles. The molecule has 0 saturated heterocycles. The molecule has 1 aromatic carbocycles. The number of carbonyl (C=O) groups excluding carboxylic acids is 1. The van der Waals surface area contributed by atoms with Gasteiger partial charge >= 0.3 is 12.1 Å². The van der Waals surface area contributed by atoms with Crippen LogP contribution < -0.4 is 5.32 Å². The predicted octanol–water partition coefficient (Wildman–Crippen LogP) is 3.63. The molecule has 0 aromatic heterocycles. The number of anilines is 1. The molecule has 0 radical (unpaired) electrons. The highest BCUT2D eigenvalue weighted by Gasteiger charge is 2.19. The van der Waals surface area contributed by atoms with Crippen molar-refractivity contribution in [3.8, 4) is 0 Å². The molecule has 0 atom stereocenters. The van der Waals surface area contributed by atoms with E-state index in [0.717, 1.165) is 6.07 Å². The zero-order valence-electron chi connectivity index (χ0n) is 10.6. The van der Waals surface area contributed by atoms with Crippen LogP contribution in [0.3, 0.4) is 0 Å². The van der Waals surface area contributed by atoms with Gasteiger partial charge in [0.2, 0.25) is 0 Å². The zero-order chi connectivity index (χ0) is 14.8. The van der Waals surface area contributed by atoms with Crippen molar-refractivity contribution in [2.24, 2.45) is 0 Å². The second kappa shape index (κ2) is 5.56. The molecule has 5 nitrogen and oxygen atoms in total. The second-order valence-electron chi connectivity index (χ2n) is 4.75. The lowest BCUT2D eigenvalue weighted by Gasteiger charge is -2.19. The summed E-state index contributed by atoms with van der Waals surface area (Å²) in [4.78, 5) is 22.4. The van der Waals surface area contributed by atoms with Crippen LogP contribution in [-0.2, 0) is 4.74 Å². The maximum Gasteiger partial charge on any atom is 0.412 e. The number of ether oxygens (including phenoxy) is 1. The van der Waals surface area contributed by atoms with E-state index in [4.69, 9.17) is 9.84 Å². The van der Waals surface area contributed by atoms with Crippen LogP contribution in [0, 0.1) is 5.82 Å². The summed E-state index contributed by atoms with van der Waals surface area (Å²) in [6.07, 6.45) is -0.748. The third kappa shape index (κ3) is 4.51. The molecule has 0 aliphatic heterocycles. The third-order valence-corrected chi connectivity index (χ3v) is 2.48. The van der Waals surface area contributed by atoms with Gasteiger partial charge in [-0.2, -0.15) is 0 Å². The summed E-state index contributed by atoms with van der Waals surface area (Å²) in [5.74, 6) is -2.33. The lowest BCUT2D eigenvalue weighted by atomic mass is 10.2. The normalized spacial score (nSPS) is 11.0. The molecule has 0 heterocycles. The Morgan fingerprint density at radius 1 is 1.37 bits per heavy atom. The number of amides is 1. The van der Waals surface area contributed by atoms with Crippen LogP contribution in [0.1, 0.15) is 31.1 Å². The largest absolute Gasteiger partial charge is 0.478 e. The van der Waals surface area contributed by atoms with Gasteiger partial charge in [-0.05, 0) is 48.8 Å². The number of benzene rings is 1. The fourth-order valence-electron chi connectivity index (χ4n) is 1.24. The van der Waals surface area contributed by atoms with Crippen molar-refractivity contribution in [1.82, 2.24) is 0 Å². The molecule has 0 bridgehead atoms. The van der Waals surface area contributed by atoms with Gasteiger partial charge in [0.1, 0.15) is 5.60 Å². The fraction of sp³-hybridized carbons (Fsp3) is 0.333. The first-order valence-corrected chi connectivity index (χ1v) is 6.12. The van der Waals surface area contributed by atoms with Gasteiger partial charge in [-0.3, -0.25) is 5.32 Å². The molecule has 0 fully saturated rings. The molecule has 1 aromatic rings. The quantitative estimate of drug-likeness (QED) is 0.866. The van der Waals surface area contributed by atoms with Crippen LogP contribution in [0.5, 0.6) is 0 Å². The molecular weight excluding hydrogens is 321 g/mol. The summed E-state index contributed by atoms with van der Waals surface area (Å²) in [7, 11) is 0. The second-order valence-corrected chi connectivity index (χ2v) is 5.61. The summed E-state index contributed by atoms with van der Waals surface area (Å²) in [5.41, 5.74) is -1.10. The molecular formula is C12H13BrFNO4. The number of carboxylic acids is 1. The molecule has 0 spiro atoms. The van der Waals surface area contributed by atoms with Crippen molar-refractivity contribution in [2.75, 3.05) is 5.32 Å². The van der Waals surface area contributed by atoms with E-state index in [9.17, 15) is 14.0 Å². The summed E-state index contributed by atoms with van der Waals surface area (Å²) in [6, 6.07) is 2.28. The van der Waals surface area contributed by atoms with Gasteiger partial charge in [-0.1, -0.05) is 0 Å². The third-order valence-electron chi connectivity index (χ3n) is 1.90. The maximum atomic E-state index is 13.5. The van der Waals surface area contributed by atoms with Crippen LogP contribution in [0.25, 0.3) is 0 Å². The molecule has 1 rings (SSSR count). The van der Waals surface area contributed by atoms with E-state index in [1.165, 1.54) is 6.07 Å². The van der Waals surface area contributed by atoms with E-state index in [1.807, 2.05) is 0 Å². The number of carbonyl (C=O) groups is 2. The number of carboxylic acid groups (broad SMARTS) is 1. The van der Waals surface area contributed by atoms with Gasteiger partial charge in [-0.25, -0.2) is 14.0 Å². The summed E-state index contributed by atoms with van der Waals surface area (Å²) in [6.45, 7) is 5.07. The molecule has 0 aliphatic rings. The number of aromatic carboxylic acids is 1. The van der Waals surface area contributed by atoms with E-state index in [2.05, 4.69) is 21.2 Å². The van der Waals surface area contributed by atoms with Crippen LogP contribution in [0.2, 0.25) is 0 Å². The van der Waals surface area contributed by atoms with Gasteiger partial charge in [0.25, 0.3) is 0 Å². The first-order valence-electron chi connectivity index (χ1n) is 5.32. The monoisotopic (exact) mass is 333 g/mol. The van der Waals surface area contributed by atoms with Crippen molar-refractivity contribution in [1.29, 1.82) is 0 Å². The van der Waals surface area contributed by atoms with E-state index in [1.54, 1.807) is 20.8 Å². The highest BCUT2D eigenvalue weighted by molar-refractivity contribution is 9.10.